The van der Waals surface area contributed by atoms with Gasteiger partial charge in [-0.05, 0) is 38.0 Å². The zero-order chi connectivity index (χ0) is 14.9. The van der Waals surface area contributed by atoms with E-state index in [-0.39, 0.29) is 11.5 Å². The van der Waals surface area contributed by atoms with Gasteiger partial charge in [-0.1, -0.05) is 23.8 Å². The molecule has 2 aromatic rings. The molecule has 0 amide bonds. The summed E-state index contributed by atoms with van der Waals surface area (Å²) in [6, 6.07) is 8.79. The lowest BCUT2D eigenvalue weighted by atomic mass is 9.96. The molecule has 0 atom stereocenters. The van der Waals surface area contributed by atoms with Gasteiger partial charge in [-0.25, -0.2) is 0 Å². The molecule has 0 fully saturated rings. The average molecular weight is 270 g/mol. The summed E-state index contributed by atoms with van der Waals surface area (Å²) in [6.07, 6.45) is 0. The summed E-state index contributed by atoms with van der Waals surface area (Å²) >= 11 is 0. The Kier molecular flexibility index (Phi) is 3.79. The highest BCUT2D eigenvalue weighted by atomic mass is 16.5. The molecule has 104 valence electrons. The largest absolute Gasteiger partial charge is 0.507 e. The van der Waals surface area contributed by atoms with E-state index < -0.39 is 0 Å². The van der Waals surface area contributed by atoms with E-state index >= 15 is 0 Å². The number of benzene rings is 2. The Labute approximate surface area is 118 Å². The summed E-state index contributed by atoms with van der Waals surface area (Å²) in [5.41, 5.74) is 3.74. The normalized spacial score (nSPS) is 10.4. The molecule has 2 aromatic carbocycles. The van der Waals surface area contributed by atoms with Crippen LogP contribution in [0.3, 0.4) is 0 Å². The first-order chi connectivity index (χ1) is 9.43. The molecule has 0 spiro atoms. The van der Waals surface area contributed by atoms with Crippen molar-refractivity contribution in [1.29, 1.82) is 0 Å². The fourth-order valence-electron chi connectivity index (χ4n) is 2.29. The summed E-state index contributed by atoms with van der Waals surface area (Å²) in [5.74, 6) is 0.336. The van der Waals surface area contributed by atoms with Gasteiger partial charge in [0.05, 0.1) is 12.7 Å². The molecule has 3 heteroatoms. The zero-order valence-corrected chi connectivity index (χ0v) is 12.2. The highest BCUT2D eigenvalue weighted by Gasteiger charge is 2.17. The molecular weight excluding hydrogens is 252 g/mol. The molecule has 0 saturated heterocycles. The third-order valence-electron chi connectivity index (χ3n) is 3.38. The van der Waals surface area contributed by atoms with Gasteiger partial charge in [0, 0.05) is 11.6 Å². The Morgan fingerprint density at radius 1 is 1.00 bits per heavy atom. The van der Waals surface area contributed by atoms with Crippen LogP contribution in [0, 0.1) is 20.8 Å². The van der Waals surface area contributed by atoms with Gasteiger partial charge in [0.2, 0.25) is 0 Å². The maximum atomic E-state index is 12.6. The molecule has 20 heavy (non-hydrogen) atoms. The van der Waals surface area contributed by atoms with Crippen molar-refractivity contribution in [3.05, 3.63) is 58.1 Å². The summed E-state index contributed by atoms with van der Waals surface area (Å²) in [5, 5.41) is 10.0. The molecule has 0 heterocycles. The van der Waals surface area contributed by atoms with E-state index in [1.807, 2.05) is 32.9 Å². The van der Waals surface area contributed by atoms with E-state index in [4.69, 9.17) is 4.74 Å². The van der Waals surface area contributed by atoms with E-state index in [2.05, 4.69) is 0 Å². The number of hydrogen-bond acceptors (Lipinski definition) is 3. The molecule has 0 unspecified atom stereocenters. The van der Waals surface area contributed by atoms with E-state index in [1.54, 1.807) is 12.1 Å². The van der Waals surface area contributed by atoms with Crippen molar-refractivity contribution in [2.45, 2.75) is 20.8 Å². The van der Waals surface area contributed by atoms with Crippen molar-refractivity contribution in [3.63, 3.8) is 0 Å². The standard InChI is InChI=1S/C17H18O3/c1-10-5-6-13(11(2)7-10)17(19)14-8-12(3)16(20-4)9-15(14)18/h5-9,18H,1-4H3. The highest BCUT2D eigenvalue weighted by molar-refractivity contribution is 6.11. The fourth-order valence-corrected chi connectivity index (χ4v) is 2.29. The van der Waals surface area contributed by atoms with Gasteiger partial charge in [0.15, 0.2) is 5.78 Å². The molecule has 0 aliphatic carbocycles. The molecule has 0 saturated carbocycles. The minimum atomic E-state index is -0.175. The van der Waals surface area contributed by atoms with Crippen LogP contribution in [-0.2, 0) is 0 Å². The van der Waals surface area contributed by atoms with Gasteiger partial charge < -0.3 is 9.84 Å². The van der Waals surface area contributed by atoms with Gasteiger partial charge in [-0.3, -0.25) is 4.79 Å². The van der Waals surface area contributed by atoms with Crippen molar-refractivity contribution in [2.75, 3.05) is 7.11 Å². The van der Waals surface area contributed by atoms with Gasteiger partial charge in [0.25, 0.3) is 0 Å². The zero-order valence-electron chi connectivity index (χ0n) is 12.2. The number of rotatable bonds is 3. The predicted octanol–water partition coefficient (Wildman–Crippen LogP) is 3.56. The van der Waals surface area contributed by atoms with Crippen molar-refractivity contribution in [3.8, 4) is 11.5 Å². The lowest BCUT2D eigenvalue weighted by molar-refractivity contribution is 0.103. The quantitative estimate of drug-likeness (QED) is 0.867. The second-order valence-corrected chi connectivity index (χ2v) is 4.99. The molecule has 0 aliphatic heterocycles. The third kappa shape index (κ3) is 2.52. The first kappa shape index (κ1) is 14.1. The SMILES string of the molecule is COc1cc(O)c(C(=O)c2ccc(C)cc2C)cc1C. The van der Waals surface area contributed by atoms with E-state index in [0.717, 1.165) is 16.7 Å². The Morgan fingerprint density at radius 2 is 1.70 bits per heavy atom. The molecule has 1 N–H and O–H groups in total. The Hall–Kier alpha value is -2.29. The molecule has 0 radical (unpaired) electrons. The van der Waals surface area contributed by atoms with Crippen LogP contribution in [0.4, 0.5) is 0 Å². The monoisotopic (exact) mass is 270 g/mol. The molecule has 0 aliphatic rings. The van der Waals surface area contributed by atoms with E-state index in [1.165, 1.54) is 13.2 Å². The van der Waals surface area contributed by atoms with Crippen LogP contribution in [0.25, 0.3) is 0 Å². The second kappa shape index (κ2) is 5.37. The van der Waals surface area contributed by atoms with Crippen molar-refractivity contribution in [1.82, 2.24) is 0 Å². The van der Waals surface area contributed by atoms with Crippen LogP contribution >= 0.6 is 0 Å². The number of ketones is 1. The molecule has 2 rings (SSSR count). The minimum absolute atomic E-state index is 0.0579. The molecule has 3 nitrogen and oxygen atoms in total. The van der Waals surface area contributed by atoms with Gasteiger partial charge in [0.1, 0.15) is 11.5 Å². The van der Waals surface area contributed by atoms with Crippen LogP contribution in [0.15, 0.2) is 30.3 Å². The summed E-state index contributed by atoms with van der Waals surface area (Å²) in [6.45, 7) is 5.72. The Bertz CT molecular complexity index is 672. The predicted molar refractivity (Wildman–Crippen MR) is 78.7 cm³/mol. The van der Waals surface area contributed by atoms with Crippen molar-refractivity contribution in [2.24, 2.45) is 0 Å². The number of aryl methyl sites for hydroxylation is 3. The first-order valence-corrected chi connectivity index (χ1v) is 6.43. The van der Waals surface area contributed by atoms with Crippen molar-refractivity contribution >= 4 is 5.78 Å². The fraction of sp³-hybridized carbons (Fsp3) is 0.235. The number of phenols is 1. The number of phenolic OH excluding ortho intramolecular Hbond substituents is 1. The van der Waals surface area contributed by atoms with Crippen LogP contribution in [0.5, 0.6) is 11.5 Å². The number of carbonyl (C=O) groups is 1. The van der Waals surface area contributed by atoms with Crippen LogP contribution in [0.2, 0.25) is 0 Å². The number of carbonyl (C=O) groups excluding carboxylic acids is 1. The number of hydrogen-bond donors (Lipinski definition) is 1. The molecule has 0 aromatic heterocycles. The minimum Gasteiger partial charge on any atom is -0.507 e. The number of methoxy groups -OCH3 is 1. The molecular formula is C17H18O3. The molecule has 0 bridgehead atoms. The average Bonchev–Trinajstić information content (AvgIpc) is 2.40. The van der Waals surface area contributed by atoms with E-state index in [9.17, 15) is 9.90 Å². The Morgan fingerprint density at radius 3 is 2.30 bits per heavy atom. The lowest BCUT2D eigenvalue weighted by Gasteiger charge is -2.11. The first-order valence-electron chi connectivity index (χ1n) is 6.43. The smallest absolute Gasteiger partial charge is 0.197 e. The van der Waals surface area contributed by atoms with Crippen LogP contribution in [-0.4, -0.2) is 18.0 Å². The van der Waals surface area contributed by atoms with Crippen LogP contribution < -0.4 is 4.74 Å². The Balaban J connectivity index is 2.51. The highest BCUT2D eigenvalue weighted by Crippen LogP contribution is 2.30. The van der Waals surface area contributed by atoms with Gasteiger partial charge in [-0.15, -0.1) is 0 Å². The topological polar surface area (TPSA) is 46.5 Å². The maximum absolute atomic E-state index is 12.6. The van der Waals surface area contributed by atoms with Gasteiger partial charge >= 0.3 is 0 Å². The summed E-state index contributed by atoms with van der Waals surface area (Å²) in [7, 11) is 1.54. The van der Waals surface area contributed by atoms with Crippen molar-refractivity contribution < 1.29 is 14.6 Å². The number of aromatic hydroxyl groups is 1. The summed E-state index contributed by atoms with van der Waals surface area (Å²) in [4.78, 5) is 12.6. The van der Waals surface area contributed by atoms with Crippen LogP contribution in [0.1, 0.15) is 32.6 Å². The van der Waals surface area contributed by atoms with Gasteiger partial charge in [-0.2, -0.15) is 0 Å². The van der Waals surface area contributed by atoms with E-state index in [0.29, 0.717) is 16.9 Å². The lowest BCUT2D eigenvalue weighted by Crippen LogP contribution is -2.05. The summed E-state index contributed by atoms with van der Waals surface area (Å²) < 4.78 is 5.13. The third-order valence-corrected chi connectivity index (χ3v) is 3.38. The second-order valence-electron chi connectivity index (χ2n) is 4.99. The number of ether oxygens (including phenoxy) is 1. The maximum Gasteiger partial charge on any atom is 0.197 e.